The summed E-state index contributed by atoms with van der Waals surface area (Å²) in [4.78, 5) is 37.8. The number of fused-ring (bicyclic) bond motifs is 1. The second-order valence-corrected chi connectivity index (χ2v) is 8.49. The Morgan fingerprint density at radius 1 is 1.14 bits per heavy atom. The molecule has 6 heteroatoms. The molecular weight excluding hydrogens is 368 g/mol. The number of nitrogens with zero attached hydrogens (tertiary/aromatic N) is 2. The molecule has 0 aliphatic carbocycles. The SMILES string of the molecule is CC(=O)c1cn(CC(=O)OC(C)(C)C)c2ccc(C3=CCN(C(C)=O)CC3)cc12. The van der Waals surface area contributed by atoms with Gasteiger partial charge in [-0.25, -0.2) is 0 Å². The zero-order valence-corrected chi connectivity index (χ0v) is 17.7. The van der Waals surface area contributed by atoms with Crippen LogP contribution in [0.5, 0.6) is 0 Å². The van der Waals surface area contributed by atoms with Gasteiger partial charge in [0.05, 0.1) is 0 Å². The Morgan fingerprint density at radius 3 is 2.41 bits per heavy atom. The van der Waals surface area contributed by atoms with Gasteiger partial charge in [-0.1, -0.05) is 12.1 Å². The van der Waals surface area contributed by atoms with E-state index in [0.717, 1.165) is 22.9 Å². The van der Waals surface area contributed by atoms with Crippen molar-refractivity contribution in [3.8, 4) is 0 Å². The van der Waals surface area contributed by atoms with Crippen molar-refractivity contribution in [1.29, 1.82) is 0 Å². The summed E-state index contributed by atoms with van der Waals surface area (Å²) in [7, 11) is 0. The summed E-state index contributed by atoms with van der Waals surface area (Å²) in [5.41, 5.74) is 3.06. The molecule has 0 N–H and O–H groups in total. The molecule has 0 saturated carbocycles. The molecule has 0 unspecified atom stereocenters. The summed E-state index contributed by atoms with van der Waals surface area (Å²) in [6.07, 6.45) is 4.57. The van der Waals surface area contributed by atoms with Gasteiger partial charge in [-0.2, -0.15) is 0 Å². The minimum absolute atomic E-state index is 0.0459. The van der Waals surface area contributed by atoms with E-state index < -0.39 is 5.60 Å². The highest BCUT2D eigenvalue weighted by molar-refractivity contribution is 6.07. The first kappa shape index (κ1) is 20.8. The van der Waals surface area contributed by atoms with Gasteiger partial charge in [0, 0.05) is 42.7 Å². The van der Waals surface area contributed by atoms with Gasteiger partial charge >= 0.3 is 5.97 Å². The molecule has 6 nitrogen and oxygen atoms in total. The summed E-state index contributed by atoms with van der Waals surface area (Å²) in [5, 5.41) is 0.827. The lowest BCUT2D eigenvalue weighted by molar-refractivity contribution is -0.155. The number of carbonyl (C=O) groups excluding carboxylic acids is 3. The third kappa shape index (κ3) is 4.75. The number of ether oxygens (including phenoxy) is 1. The average Bonchev–Trinajstić information content (AvgIpc) is 2.98. The molecule has 2 aromatic rings. The van der Waals surface area contributed by atoms with Crippen LogP contribution in [0, 0.1) is 0 Å². The van der Waals surface area contributed by atoms with E-state index in [-0.39, 0.29) is 24.2 Å². The van der Waals surface area contributed by atoms with Crippen LogP contribution in [0.1, 0.15) is 57.0 Å². The minimum atomic E-state index is -0.558. The molecule has 0 atom stereocenters. The molecule has 1 aliphatic rings. The van der Waals surface area contributed by atoms with Gasteiger partial charge < -0.3 is 14.2 Å². The van der Waals surface area contributed by atoms with E-state index in [9.17, 15) is 14.4 Å². The fourth-order valence-corrected chi connectivity index (χ4v) is 3.64. The van der Waals surface area contributed by atoms with Crippen molar-refractivity contribution in [3.63, 3.8) is 0 Å². The molecule has 1 amide bonds. The van der Waals surface area contributed by atoms with E-state index in [2.05, 4.69) is 6.08 Å². The Morgan fingerprint density at radius 2 is 1.86 bits per heavy atom. The van der Waals surface area contributed by atoms with E-state index in [1.165, 1.54) is 12.5 Å². The summed E-state index contributed by atoms with van der Waals surface area (Å²) >= 11 is 0. The second kappa shape index (κ2) is 7.85. The van der Waals surface area contributed by atoms with E-state index in [4.69, 9.17) is 4.74 Å². The summed E-state index contributed by atoms with van der Waals surface area (Å²) in [5.74, 6) is -0.308. The second-order valence-electron chi connectivity index (χ2n) is 8.49. The van der Waals surface area contributed by atoms with Gasteiger partial charge in [0.25, 0.3) is 0 Å². The van der Waals surface area contributed by atoms with Gasteiger partial charge in [-0.15, -0.1) is 0 Å². The van der Waals surface area contributed by atoms with Gasteiger partial charge in [0.1, 0.15) is 12.1 Å². The molecule has 154 valence electrons. The zero-order chi connectivity index (χ0) is 21.3. The Kier molecular flexibility index (Phi) is 5.64. The van der Waals surface area contributed by atoms with Crippen molar-refractivity contribution in [2.45, 2.75) is 53.2 Å². The van der Waals surface area contributed by atoms with E-state index >= 15 is 0 Å². The molecule has 0 saturated heterocycles. The third-order valence-electron chi connectivity index (χ3n) is 5.01. The summed E-state index contributed by atoms with van der Waals surface area (Å²) < 4.78 is 7.20. The normalized spacial score (nSPS) is 14.7. The van der Waals surface area contributed by atoms with E-state index in [1.54, 1.807) is 22.6 Å². The number of rotatable bonds is 4. The number of ketones is 1. The molecule has 1 aromatic carbocycles. The smallest absolute Gasteiger partial charge is 0.326 e. The molecule has 0 spiro atoms. The van der Waals surface area contributed by atoms with Crippen molar-refractivity contribution < 1.29 is 19.1 Å². The lowest BCUT2D eigenvalue weighted by atomic mass is 9.97. The zero-order valence-electron chi connectivity index (χ0n) is 17.7. The number of Topliss-reactive ketones (excluding diaryl/α,β-unsaturated/α-hetero) is 1. The largest absolute Gasteiger partial charge is 0.459 e. The molecule has 0 fully saturated rings. The van der Waals surface area contributed by atoms with Gasteiger partial charge in [-0.3, -0.25) is 14.4 Å². The maximum atomic E-state index is 12.3. The Balaban J connectivity index is 1.94. The summed E-state index contributed by atoms with van der Waals surface area (Å²) in [6.45, 7) is 9.95. The molecule has 0 bridgehead atoms. The molecule has 0 radical (unpaired) electrons. The Bertz CT molecular complexity index is 1010. The predicted octanol–water partition coefficient (Wildman–Crippen LogP) is 3.82. The van der Waals surface area contributed by atoms with Crippen LogP contribution in [0.2, 0.25) is 0 Å². The Labute approximate surface area is 171 Å². The third-order valence-corrected chi connectivity index (χ3v) is 5.01. The van der Waals surface area contributed by atoms with Crippen molar-refractivity contribution in [2.75, 3.05) is 13.1 Å². The predicted molar refractivity (Wildman–Crippen MR) is 113 cm³/mol. The van der Waals surface area contributed by atoms with Crippen LogP contribution in [-0.4, -0.2) is 45.8 Å². The van der Waals surface area contributed by atoms with Crippen LogP contribution in [0.25, 0.3) is 16.5 Å². The quantitative estimate of drug-likeness (QED) is 0.582. The van der Waals surface area contributed by atoms with E-state index in [1.807, 2.05) is 39.0 Å². The maximum absolute atomic E-state index is 12.3. The van der Waals surface area contributed by atoms with Gasteiger partial charge in [-0.05, 0) is 57.4 Å². The van der Waals surface area contributed by atoms with Crippen LogP contribution in [0.3, 0.4) is 0 Å². The maximum Gasteiger partial charge on any atom is 0.326 e. The molecule has 1 aromatic heterocycles. The van der Waals surface area contributed by atoms with Crippen LogP contribution >= 0.6 is 0 Å². The lowest BCUT2D eigenvalue weighted by Gasteiger charge is -2.25. The van der Waals surface area contributed by atoms with E-state index in [0.29, 0.717) is 18.7 Å². The standard InChI is InChI=1S/C23H28N2O4/c1-15(26)20-13-25(14-22(28)29-23(3,4)5)21-7-6-18(12-19(20)21)17-8-10-24(11-9-17)16(2)27/h6-8,12-13H,9-11,14H2,1-5H3. The van der Waals surface area contributed by atoms with Crippen LogP contribution in [-0.2, 0) is 20.9 Å². The topological polar surface area (TPSA) is 68.6 Å². The van der Waals surface area contributed by atoms with Crippen molar-refractivity contribution in [1.82, 2.24) is 9.47 Å². The number of carbonyl (C=O) groups is 3. The van der Waals surface area contributed by atoms with Crippen molar-refractivity contribution in [3.05, 3.63) is 41.6 Å². The van der Waals surface area contributed by atoms with Crippen molar-refractivity contribution in [2.24, 2.45) is 0 Å². The molecule has 29 heavy (non-hydrogen) atoms. The van der Waals surface area contributed by atoms with Gasteiger partial charge in [0.15, 0.2) is 5.78 Å². The van der Waals surface area contributed by atoms with Gasteiger partial charge in [0.2, 0.25) is 5.91 Å². The van der Waals surface area contributed by atoms with Crippen LogP contribution in [0.4, 0.5) is 0 Å². The first-order chi connectivity index (χ1) is 13.5. The Hall–Kier alpha value is -2.89. The first-order valence-electron chi connectivity index (χ1n) is 9.86. The number of benzene rings is 1. The number of hydrogen-bond acceptors (Lipinski definition) is 4. The minimum Gasteiger partial charge on any atom is -0.459 e. The number of esters is 1. The highest BCUT2D eigenvalue weighted by atomic mass is 16.6. The van der Waals surface area contributed by atoms with Crippen molar-refractivity contribution >= 4 is 34.1 Å². The fraction of sp³-hybridized carbons (Fsp3) is 0.435. The lowest BCUT2D eigenvalue weighted by Crippen LogP contribution is -2.32. The highest BCUT2D eigenvalue weighted by Gasteiger charge is 2.20. The number of amides is 1. The monoisotopic (exact) mass is 396 g/mol. The summed E-state index contributed by atoms with van der Waals surface area (Å²) in [6, 6.07) is 5.96. The average molecular weight is 396 g/mol. The number of aromatic nitrogens is 1. The fourth-order valence-electron chi connectivity index (χ4n) is 3.64. The molecule has 1 aliphatic heterocycles. The van der Waals surface area contributed by atoms with Crippen LogP contribution in [0.15, 0.2) is 30.5 Å². The number of hydrogen-bond donors (Lipinski definition) is 0. The highest BCUT2D eigenvalue weighted by Crippen LogP contribution is 2.29. The molecule has 3 rings (SSSR count). The first-order valence-corrected chi connectivity index (χ1v) is 9.86. The molecular formula is C23H28N2O4. The molecule has 2 heterocycles. The van der Waals surface area contributed by atoms with Crippen LogP contribution < -0.4 is 0 Å².